The summed E-state index contributed by atoms with van der Waals surface area (Å²) in [5.74, 6) is 0.509. The van der Waals surface area contributed by atoms with Crippen molar-refractivity contribution in [1.82, 2.24) is 14.7 Å². The monoisotopic (exact) mass is 347 g/mol. The Labute approximate surface area is 154 Å². The Morgan fingerprint density at radius 3 is 2.65 bits per heavy atom. The Bertz CT molecular complexity index is 894. The topological polar surface area (TPSA) is 46.4 Å². The van der Waals surface area contributed by atoms with Crippen LogP contribution in [0.1, 0.15) is 48.6 Å². The second-order valence-corrected chi connectivity index (χ2v) is 7.28. The molecule has 4 rings (SSSR count). The Kier molecular flexibility index (Phi) is 4.74. The zero-order chi connectivity index (χ0) is 17.9. The summed E-state index contributed by atoms with van der Waals surface area (Å²) in [6, 6.07) is 16.3. The van der Waals surface area contributed by atoms with Crippen LogP contribution >= 0.6 is 0 Å². The summed E-state index contributed by atoms with van der Waals surface area (Å²) < 4.78 is 2.06. The van der Waals surface area contributed by atoms with Gasteiger partial charge in [-0.3, -0.25) is 4.79 Å². The molecule has 0 spiro atoms. The molecule has 2 heterocycles. The van der Waals surface area contributed by atoms with Gasteiger partial charge in [-0.15, -0.1) is 0 Å². The van der Waals surface area contributed by atoms with Gasteiger partial charge in [0.05, 0.1) is 18.2 Å². The number of carbonyl (C=O) groups is 1. The summed E-state index contributed by atoms with van der Waals surface area (Å²) in [4.78, 5) is 17.7. The smallest absolute Gasteiger partial charge is 0.228 e. The van der Waals surface area contributed by atoms with Gasteiger partial charge >= 0.3 is 0 Å². The second kappa shape index (κ2) is 7.32. The number of aryl methyl sites for hydroxylation is 1. The fourth-order valence-electron chi connectivity index (χ4n) is 4.16. The molecule has 1 amide bonds. The van der Waals surface area contributed by atoms with Crippen molar-refractivity contribution in [3.05, 3.63) is 71.7 Å². The van der Waals surface area contributed by atoms with Crippen molar-refractivity contribution in [2.24, 2.45) is 5.92 Å². The number of benzene rings is 1. The maximum absolute atomic E-state index is 13.0. The summed E-state index contributed by atoms with van der Waals surface area (Å²) in [7, 11) is 0. The molecule has 1 fully saturated rings. The molecule has 1 aliphatic rings. The second-order valence-electron chi connectivity index (χ2n) is 7.28. The highest BCUT2D eigenvalue weighted by Gasteiger charge is 2.31. The van der Waals surface area contributed by atoms with Gasteiger partial charge in [-0.1, -0.05) is 49.2 Å². The molecule has 26 heavy (non-hydrogen) atoms. The van der Waals surface area contributed by atoms with Crippen molar-refractivity contribution in [3.63, 3.8) is 0 Å². The van der Waals surface area contributed by atoms with E-state index in [1.807, 2.05) is 36.5 Å². The molecule has 0 aliphatic heterocycles. The number of nitrogens with zero attached hydrogens (tertiary/aromatic N) is 2. The van der Waals surface area contributed by atoms with E-state index in [-0.39, 0.29) is 11.8 Å². The lowest BCUT2D eigenvalue weighted by Crippen LogP contribution is -2.32. The molecule has 1 saturated carbocycles. The van der Waals surface area contributed by atoms with Crippen LogP contribution in [0.25, 0.3) is 5.65 Å². The molecule has 4 heteroatoms. The first-order chi connectivity index (χ1) is 12.7. The van der Waals surface area contributed by atoms with Crippen molar-refractivity contribution < 1.29 is 4.79 Å². The molecule has 1 unspecified atom stereocenters. The van der Waals surface area contributed by atoms with E-state index in [4.69, 9.17) is 0 Å². The average Bonchev–Trinajstić information content (AvgIpc) is 3.31. The van der Waals surface area contributed by atoms with Crippen LogP contribution in [-0.2, 0) is 11.3 Å². The van der Waals surface area contributed by atoms with Gasteiger partial charge in [0.2, 0.25) is 5.91 Å². The minimum absolute atomic E-state index is 0.0579. The number of fused-ring (bicyclic) bond motifs is 1. The van der Waals surface area contributed by atoms with Gasteiger partial charge in [-0.2, -0.15) is 0 Å². The number of hydrogen-bond acceptors (Lipinski definition) is 2. The van der Waals surface area contributed by atoms with Crippen LogP contribution in [0, 0.1) is 12.8 Å². The van der Waals surface area contributed by atoms with E-state index in [9.17, 15) is 4.79 Å². The van der Waals surface area contributed by atoms with Gasteiger partial charge in [-0.25, -0.2) is 4.98 Å². The average molecular weight is 347 g/mol. The molecule has 1 aromatic carbocycles. The Hall–Kier alpha value is -2.62. The van der Waals surface area contributed by atoms with Gasteiger partial charge in [0.25, 0.3) is 0 Å². The van der Waals surface area contributed by atoms with Gasteiger partial charge < -0.3 is 9.72 Å². The first-order valence-corrected chi connectivity index (χ1v) is 9.48. The molecule has 0 saturated heterocycles. The summed E-state index contributed by atoms with van der Waals surface area (Å²) in [5, 5.41) is 3.14. The first kappa shape index (κ1) is 16.8. The summed E-state index contributed by atoms with van der Waals surface area (Å²) in [5.41, 5.74) is 4.08. The van der Waals surface area contributed by atoms with Crippen molar-refractivity contribution in [2.75, 3.05) is 0 Å². The van der Waals surface area contributed by atoms with Gasteiger partial charge in [0.15, 0.2) is 0 Å². The number of nitrogens with one attached hydrogen (secondary N) is 1. The van der Waals surface area contributed by atoms with Crippen molar-refractivity contribution in [3.8, 4) is 0 Å². The van der Waals surface area contributed by atoms with Crippen LogP contribution in [0.15, 0.2) is 54.7 Å². The number of imidazole rings is 1. The molecule has 0 bridgehead atoms. The van der Waals surface area contributed by atoms with Crippen LogP contribution in [0.2, 0.25) is 0 Å². The molecule has 2 aromatic heterocycles. The highest BCUT2D eigenvalue weighted by atomic mass is 16.1. The minimum atomic E-state index is -0.0579. The lowest BCUT2D eigenvalue weighted by Gasteiger charge is -2.23. The van der Waals surface area contributed by atoms with E-state index < -0.39 is 0 Å². The molecular formula is C22H25N3O. The number of rotatable bonds is 5. The van der Waals surface area contributed by atoms with Gasteiger partial charge in [-0.05, 0) is 43.4 Å². The molecule has 3 aromatic rings. The first-order valence-electron chi connectivity index (χ1n) is 9.48. The fraction of sp³-hybridized carbons (Fsp3) is 0.364. The maximum Gasteiger partial charge on any atom is 0.228 e. The number of carbonyl (C=O) groups excluding carboxylic acids is 1. The fourth-order valence-corrected chi connectivity index (χ4v) is 4.16. The third-order valence-corrected chi connectivity index (χ3v) is 5.50. The van der Waals surface area contributed by atoms with Crippen LogP contribution in [0.3, 0.4) is 0 Å². The molecule has 134 valence electrons. The molecule has 1 aliphatic carbocycles. The summed E-state index contributed by atoms with van der Waals surface area (Å²) >= 11 is 0. The van der Waals surface area contributed by atoms with E-state index in [1.165, 1.54) is 12.8 Å². The number of aromatic nitrogens is 2. The third-order valence-electron chi connectivity index (χ3n) is 5.50. The normalized spacial score (nSPS) is 16.0. The Balaban J connectivity index is 1.51. The Morgan fingerprint density at radius 1 is 1.15 bits per heavy atom. The number of amides is 1. The van der Waals surface area contributed by atoms with E-state index in [2.05, 4.69) is 39.8 Å². The zero-order valence-electron chi connectivity index (χ0n) is 15.2. The largest absolute Gasteiger partial charge is 0.350 e. The van der Waals surface area contributed by atoms with Crippen LogP contribution in [0.5, 0.6) is 0 Å². The van der Waals surface area contributed by atoms with Crippen molar-refractivity contribution >= 4 is 11.6 Å². The number of pyridine rings is 1. The molecule has 1 atom stereocenters. The quantitative estimate of drug-likeness (QED) is 0.751. The SMILES string of the molecule is Cc1cccc2nc(CNC(=O)C(c3ccccc3)C3CCCC3)cn12. The van der Waals surface area contributed by atoms with E-state index in [0.717, 1.165) is 35.4 Å². The van der Waals surface area contributed by atoms with Crippen LogP contribution in [0.4, 0.5) is 0 Å². The molecular weight excluding hydrogens is 322 g/mol. The van der Waals surface area contributed by atoms with E-state index >= 15 is 0 Å². The van der Waals surface area contributed by atoms with E-state index in [0.29, 0.717) is 12.5 Å². The minimum Gasteiger partial charge on any atom is -0.350 e. The highest BCUT2D eigenvalue weighted by Crippen LogP contribution is 2.37. The third kappa shape index (κ3) is 3.36. The molecule has 1 N–H and O–H groups in total. The van der Waals surface area contributed by atoms with E-state index in [1.54, 1.807) is 0 Å². The summed E-state index contributed by atoms with van der Waals surface area (Å²) in [6.07, 6.45) is 6.75. The lowest BCUT2D eigenvalue weighted by atomic mass is 9.84. The van der Waals surface area contributed by atoms with Crippen molar-refractivity contribution in [2.45, 2.75) is 45.1 Å². The predicted molar refractivity (Wildman–Crippen MR) is 103 cm³/mol. The lowest BCUT2D eigenvalue weighted by molar-refractivity contribution is -0.123. The number of hydrogen-bond donors (Lipinski definition) is 1. The maximum atomic E-state index is 13.0. The standard InChI is InChI=1S/C22H25N3O/c1-16-8-7-13-20-24-19(15-25(16)20)14-23-22(26)21(18-11-5-6-12-18)17-9-3-2-4-10-17/h2-4,7-10,13,15,18,21H,5-6,11-12,14H2,1H3,(H,23,26). The summed E-state index contributed by atoms with van der Waals surface area (Å²) in [6.45, 7) is 2.53. The predicted octanol–water partition coefficient (Wildman–Crippen LogP) is 4.23. The molecule has 4 nitrogen and oxygen atoms in total. The van der Waals surface area contributed by atoms with Crippen LogP contribution < -0.4 is 5.32 Å². The van der Waals surface area contributed by atoms with Gasteiger partial charge in [0, 0.05) is 11.9 Å². The zero-order valence-corrected chi connectivity index (χ0v) is 15.2. The Morgan fingerprint density at radius 2 is 1.92 bits per heavy atom. The van der Waals surface area contributed by atoms with Gasteiger partial charge in [0.1, 0.15) is 5.65 Å². The van der Waals surface area contributed by atoms with Crippen molar-refractivity contribution in [1.29, 1.82) is 0 Å². The van der Waals surface area contributed by atoms with Crippen LogP contribution in [-0.4, -0.2) is 15.3 Å². The molecule has 0 radical (unpaired) electrons. The highest BCUT2D eigenvalue weighted by molar-refractivity contribution is 5.84.